The molecule has 5 nitrogen and oxygen atoms in total. The van der Waals surface area contributed by atoms with Gasteiger partial charge in [-0.25, -0.2) is 0 Å². The van der Waals surface area contributed by atoms with E-state index in [1.54, 1.807) is 12.1 Å². The molecule has 1 aliphatic heterocycles. The van der Waals surface area contributed by atoms with E-state index in [1.807, 2.05) is 23.1 Å². The summed E-state index contributed by atoms with van der Waals surface area (Å²) in [6.07, 6.45) is 0.607. The van der Waals surface area contributed by atoms with Gasteiger partial charge in [-0.3, -0.25) is 4.79 Å². The lowest BCUT2D eigenvalue weighted by molar-refractivity contribution is -0.132. The molecule has 0 atom stereocenters. The number of anilines is 1. The van der Waals surface area contributed by atoms with Gasteiger partial charge < -0.3 is 9.80 Å². The van der Waals surface area contributed by atoms with Crippen molar-refractivity contribution in [3.63, 3.8) is 0 Å². The molecule has 1 aromatic heterocycles. The maximum Gasteiger partial charge on any atom is 0.222 e. The van der Waals surface area contributed by atoms with E-state index in [1.165, 1.54) is 0 Å². The molecule has 2 aromatic rings. The Bertz CT molecular complexity index is 772. The van der Waals surface area contributed by atoms with Gasteiger partial charge in [0.25, 0.3) is 0 Å². The van der Waals surface area contributed by atoms with Gasteiger partial charge >= 0.3 is 0 Å². The summed E-state index contributed by atoms with van der Waals surface area (Å²) in [5.74, 6) is 1.44. The van der Waals surface area contributed by atoms with Gasteiger partial charge in [-0.15, -0.1) is 10.2 Å². The van der Waals surface area contributed by atoms with Crippen LogP contribution in [0.1, 0.15) is 20.3 Å². The Kier molecular flexibility index (Phi) is 5.99. The highest BCUT2D eigenvalue weighted by atomic mass is 35.5. The number of aromatic nitrogens is 2. The van der Waals surface area contributed by atoms with Crippen LogP contribution in [-0.4, -0.2) is 47.2 Å². The van der Waals surface area contributed by atoms with Crippen LogP contribution in [-0.2, 0) is 4.79 Å². The lowest BCUT2D eigenvalue weighted by atomic mass is 10.1. The minimum absolute atomic E-state index is 0.235. The third kappa shape index (κ3) is 4.46. The van der Waals surface area contributed by atoms with E-state index in [2.05, 4.69) is 28.9 Å². The molecule has 0 bridgehead atoms. The van der Waals surface area contributed by atoms with E-state index in [-0.39, 0.29) is 5.91 Å². The summed E-state index contributed by atoms with van der Waals surface area (Å²) in [5, 5.41) is 9.79. The topological polar surface area (TPSA) is 49.3 Å². The van der Waals surface area contributed by atoms with Gasteiger partial charge in [0.1, 0.15) is 0 Å². The van der Waals surface area contributed by atoms with Crippen LogP contribution in [0.15, 0.2) is 30.3 Å². The summed E-state index contributed by atoms with van der Waals surface area (Å²) in [7, 11) is 0. The van der Waals surface area contributed by atoms with Gasteiger partial charge in [0.2, 0.25) is 5.91 Å². The van der Waals surface area contributed by atoms with E-state index in [0.29, 0.717) is 28.1 Å². The van der Waals surface area contributed by atoms with Crippen LogP contribution in [0.25, 0.3) is 11.3 Å². The molecule has 1 amide bonds. The first-order valence-corrected chi connectivity index (χ1v) is 9.51. The SMILES string of the molecule is CC(C)CC(=O)N1CCN(c2ccc(-c3ccc(Cl)cc3Cl)nn2)CC1. The maximum absolute atomic E-state index is 12.2. The molecule has 3 rings (SSSR count). The molecule has 1 aromatic carbocycles. The minimum Gasteiger partial charge on any atom is -0.352 e. The van der Waals surface area contributed by atoms with Crippen molar-refractivity contribution in [2.24, 2.45) is 5.92 Å². The lowest BCUT2D eigenvalue weighted by Gasteiger charge is -2.35. The average Bonchev–Trinajstić information content (AvgIpc) is 2.61. The number of carbonyl (C=O) groups is 1. The largest absolute Gasteiger partial charge is 0.352 e. The Balaban J connectivity index is 1.64. The van der Waals surface area contributed by atoms with Crippen LogP contribution in [0.2, 0.25) is 10.0 Å². The number of carbonyl (C=O) groups excluding carboxylic acids is 1. The second-order valence-corrected chi connectivity index (χ2v) is 7.71. The number of nitrogens with zero attached hydrogens (tertiary/aromatic N) is 4. The summed E-state index contributed by atoms with van der Waals surface area (Å²) in [5.41, 5.74) is 1.51. The summed E-state index contributed by atoms with van der Waals surface area (Å²) in [6.45, 7) is 7.10. The van der Waals surface area contributed by atoms with Crippen LogP contribution < -0.4 is 4.90 Å². The van der Waals surface area contributed by atoms with Crippen molar-refractivity contribution in [2.45, 2.75) is 20.3 Å². The quantitative estimate of drug-likeness (QED) is 0.783. The lowest BCUT2D eigenvalue weighted by Crippen LogP contribution is -2.49. The van der Waals surface area contributed by atoms with Crippen molar-refractivity contribution >= 4 is 34.9 Å². The predicted molar refractivity (Wildman–Crippen MR) is 106 cm³/mol. The number of rotatable bonds is 4. The normalized spacial score (nSPS) is 14.8. The molecule has 1 fully saturated rings. The molecule has 0 saturated carbocycles. The fraction of sp³-hybridized carbons (Fsp3) is 0.421. The van der Waals surface area contributed by atoms with Gasteiger partial charge in [-0.05, 0) is 36.2 Å². The number of hydrogen-bond acceptors (Lipinski definition) is 4. The molecule has 26 heavy (non-hydrogen) atoms. The first kappa shape index (κ1) is 18.9. The molecule has 0 unspecified atom stereocenters. The molecular weight excluding hydrogens is 371 g/mol. The highest BCUT2D eigenvalue weighted by Gasteiger charge is 2.22. The Morgan fingerprint density at radius 3 is 2.38 bits per heavy atom. The van der Waals surface area contributed by atoms with Crippen LogP contribution in [0.4, 0.5) is 5.82 Å². The summed E-state index contributed by atoms with van der Waals surface area (Å²) in [6, 6.07) is 9.17. The standard InChI is InChI=1S/C19H22Cl2N4O/c1-13(2)11-19(26)25-9-7-24(8-10-25)18-6-5-17(22-23-18)15-4-3-14(20)12-16(15)21/h3-6,12-13H,7-11H2,1-2H3. The minimum atomic E-state index is 0.235. The van der Waals surface area contributed by atoms with Gasteiger partial charge in [0, 0.05) is 43.2 Å². The number of benzene rings is 1. The van der Waals surface area contributed by atoms with E-state index < -0.39 is 0 Å². The van der Waals surface area contributed by atoms with E-state index in [4.69, 9.17) is 23.2 Å². The molecule has 0 N–H and O–H groups in total. The predicted octanol–water partition coefficient (Wildman–Crippen LogP) is 4.15. The number of amides is 1. The Morgan fingerprint density at radius 2 is 1.81 bits per heavy atom. The zero-order chi connectivity index (χ0) is 18.7. The maximum atomic E-state index is 12.2. The second-order valence-electron chi connectivity index (χ2n) is 6.87. The third-order valence-corrected chi connectivity index (χ3v) is 4.94. The van der Waals surface area contributed by atoms with Gasteiger partial charge in [0.05, 0.1) is 10.7 Å². The van der Waals surface area contributed by atoms with Crippen LogP contribution in [0, 0.1) is 5.92 Å². The molecule has 0 radical (unpaired) electrons. The first-order valence-electron chi connectivity index (χ1n) is 8.76. The molecule has 0 aliphatic carbocycles. The molecule has 0 spiro atoms. The van der Waals surface area contributed by atoms with Crippen LogP contribution >= 0.6 is 23.2 Å². The average molecular weight is 393 g/mol. The number of piperazine rings is 1. The number of halogens is 2. The van der Waals surface area contributed by atoms with E-state index in [0.717, 1.165) is 37.6 Å². The molecule has 1 aliphatic rings. The van der Waals surface area contributed by atoms with Crippen LogP contribution in [0.5, 0.6) is 0 Å². The van der Waals surface area contributed by atoms with Crippen molar-refractivity contribution in [1.29, 1.82) is 0 Å². The van der Waals surface area contributed by atoms with Gasteiger partial charge in [-0.2, -0.15) is 0 Å². The zero-order valence-electron chi connectivity index (χ0n) is 15.0. The van der Waals surface area contributed by atoms with Crippen LogP contribution in [0.3, 0.4) is 0 Å². The van der Waals surface area contributed by atoms with Crippen molar-refractivity contribution in [2.75, 3.05) is 31.1 Å². The molecule has 1 saturated heterocycles. The van der Waals surface area contributed by atoms with Gasteiger partial charge in [-0.1, -0.05) is 37.0 Å². The molecule has 2 heterocycles. The summed E-state index contributed by atoms with van der Waals surface area (Å²) < 4.78 is 0. The smallest absolute Gasteiger partial charge is 0.222 e. The highest BCUT2D eigenvalue weighted by molar-refractivity contribution is 6.36. The second kappa shape index (κ2) is 8.23. The third-order valence-electron chi connectivity index (χ3n) is 4.40. The van der Waals surface area contributed by atoms with Gasteiger partial charge in [0.15, 0.2) is 5.82 Å². The molecular formula is C19H22Cl2N4O. The number of hydrogen-bond donors (Lipinski definition) is 0. The van der Waals surface area contributed by atoms with E-state index >= 15 is 0 Å². The summed E-state index contributed by atoms with van der Waals surface area (Å²) in [4.78, 5) is 16.3. The first-order chi connectivity index (χ1) is 12.4. The Morgan fingerprint density at radius 1 is 1.08 bits per heavy atom. The summed E-state index contributed by atoms with van der Waals surface area (Å²) >= 11 is 12.2. The van der Waals surface area contributed by atoms with Crippen molar-refractivity contribution < 1.29 is 4.79 Å². The Hall–Kier alpha value is -1.85. The monoisotopic (exact) mass is 392 g/mol. The fourth-order valence-electron chi connectivity index (χ4n) is 3.00. The highest BCUT2D eigenvalue weighted by Crippen LogP contribution is 2.29. The Labute approximate surface area is 163 Å². The van der Waals surface area contributed by atoms with Crippen molar-refractivity contribution in [1.82, 2.24) is 15.1 Å². The zero-order valence-corrected chi connectivity index (χ0v) is 16.5. The molecule has 138 valence electrons. The van der Waals surface area contributed by atoms with Crippen molar-refractivity contribution in [3.8, 4) is 11.3 Å². The van der Waals surface area contributed by atoms with Crippen molar-refractivity contribution in [3.05, 3.63) is 40.4 Å². The fourth-order valence-corrected chi connectivity index (χ4v) is 3.50. The van der Waals surface area contributed by atoms with E-state index in [9.17, 15) is 4.79 Å². The molecule has 7 heteroatoms.